The van der Waals surface area contributed by atoms with Crippen LogP contribution in [0.2, 0.25) is 0 Å². The fourth-order valence-corrected chi connectivity index (χ4v) is 3.77. The maximum Gasteiger partial charge on any atom is 0.323 e. The minimum atomic E-state index is -0.555. The largest absolute Gasteiger partial charge is 0.454 e. The van der Waals surface area contributed by atoms with Crippen molar-refractivity contribution in [2.45, 2.75) is 25.3 Å². The number of hydrogen-bond acceptors (Lipinski definition) is 6. The van der Waals surface area contributed by atoms with Gasteiger partial charge in [-0.3, -0.25) is 5.32 Å². The molecule has 8 nitrogen and oxygen atoms in total. The summed E-state index contributed by atoms with van der Waals surface area (Å²) >= 11 is 0. The number of aromatic nitrogens is 1. The number of anilines is 2. The topological polar surface area (TPSA) is 87.0 Å². The highest BCUT2D eigenvalue weighted by molar-refractivity contribution is 5.88. The van der Waals surface area contributed by atoms with Crippen LogP contribution in [0.1, 0.15) is 19.3 Å². The normalized spacial score (nSPS) is 15.0. The van der Waals surface area contributed by atoms with Gasteiger partial charge in [0.25, 0.3) is 0 Å². The zero-order chi connectivity index (χ0) is 23.1. The van der Waals surface area contributed by atoms with Crippen molar-refractivity contribution < 1.29 is 13.9 Å². The lowest BCUT2D eigenvalue weighted by molar-refractivity contribution is 0.138. The molecule has 9 heteroatoms. The van der Waals surface area contributed by atoms with Crippen LogP contribution in [0.4, 0.5) is 20.7 Å². The Hall–Kier alpha value is -2.91. The number of halogens is 1. The summed E-state index contributed by atoms with van der Waals surface area (Å²) in [7, 11) is 5.99. The first-order chi connectivity index (χ1) is 15.3. The van der Waals surface area contributed by atoms with E-state index in [-0.39, 0.29) is 17.8 Å². The second-order valence-electron chi connectivity index (χ2n) is 8.44. The first-order valence-corrected chi connectivity index (χ1v) is 10.9. The number of rotatable bonds is 8. The van der Waals surface area contributed by atoms with E-state index >= 15 is 0 Å². The fourth-order valence-electron chi connectivity index (χ4n) is 3.77. The highest BCUT2D eigenvalue weighted by Gasteiger charge is 2.25. The van der Waals surface area contributed by atoms with Crippen molar-refractivity contribution in [2.24, 2.45) is 0 Å². The van der Waals surface area contributed by atoms with Gasteiger partial charge in [-0.25, -0.2) is 14.2 Å². The molecular weight excluding hydrogens is 411 g/mol. The number of nitrogens with zero attached hydrogens (tertiary/aromatic N) is 4. The highest BCUT2D eigenvalue weighted by atomic mass is 19.1. The number of amides is 2. The summed E-state index contributed by atoms with van der Waals surface area (Å²) in [5.41, 5.74) is 5.89. The Kier molecular flexibility index (Phi) is 8.24. The van der Waals surface area contributed by atoms with Crippen molar-refractivity contribution in [3.63, 3.8) is 0 Å². The lowest BCUT2D eigenvalue weighted by atomic mass is 10.0. The molecule has 1 aliphatic rings. The molecule has 32 heavy (non-hydrogen) atoms. The second kappa shape index (κ2) is 11.1. The summed E-state index contributed by atoms with van der Waals surface area (Å²) in [6.07, 6.45) is 4.54. The standard InChI is InChI=1S/C23H33FN6O2/c1-28(2)11-4-12-30-13-8-18(9-14-30)29(3)23(31)27-22-16-19(7-10-26-22)32-21-6-5-17(25)15-20(21)24/h5-7,10,15-16,18H,4,8-9,11-14,25H2,1-3H3,(H,26,27,31). The Morgan fingerprint density at radius 2 is 2.00 bits per heavy atom. The fraction of sp³-hybridized carbons (Fsp3) is 0.478. The number of carbonyl (C=O) groups is 1. The zero-order valence-electron chi connectivity index (χ0n) is 19.1. The third-order valence-corrected chi connectivity index (χ3v) is 5.65. The van der Waals surface area contributed by atoms with Crippen LogP contribution >= 0.6 is 0 Å². The maximum atomic E-state index is 14.0. The highest BCUT2D eigenvalue weighted by Crippen LogP contribution is 2.27. The Balaban J connectivity index is 1.50. The van der Waals surface area contributed by atoms with Gasteiger partial charge in [0.05, 0.1) is 0 Å². The van der Waals surface area contributed by atoms with Gasteiger partial charge in [-0.15, -0.1) is 0 Å². The quantitative estimate of drug-likeness (QED) is 0.607. The predicted molar refractivity (Wildman–Crippen MR) is 125 cm³/mol. The summed E-state index contributed by atoms with van der Waals surface area (Å²) in [6.45, 7) is 4.16. The molecule has 0 aliphatic carbocycles. The molecule has 0 bridgehead atoms. The van der Waals surface area contributed by atoms with Crippen molar-refractivity contribution in [3.05, 3.63) is 42.3 Å². The molecule has 1 aliphatic heterocycles. The Labute approximate surface area is 189 Å². The van der Waals surface area contributed by atoms with E-state index < -0.39 is 5.82 Å². The first kappa shape index (κ1) is 23.7. The Morgan fingerprint density at radius 3 is 2.69 bits per heavy atom. The number of carbonyl (C=O) groups excluding carboxylic acids is 1. The van der Waals surface area contributed by atoms with Crippen molar-refractivity contribution >= 4 is 17.5 Å². The third-order valence-electron chi connectivity index (χ3n) is 5.65. The number of nitrogens with one attached hydrogen (secondary N) is 1. The summed E-state index contributed by atoms with van der Waals surface area (Å²) in [5.74, 6) is 0.210. The molecule has 0 spiro atoms. The van der Waals surface area contributed by atoms with Crippen molar-refractivity contribution in [1.82, 2.24) is 19.7 Å². The van der Waals surface area contributed by atoms with Gasteiger partial charge in [-0.05, 0) is 64.6 Å². The number of likely N-dealkylation sites (tertiary alicyclic amines) is 1. The predicted octanol–water partition coefficient (Wildman–Crippen LogP) is 3.48. The van der Waals surface area contributed by atoms with Gasteiger partial charge in [0.2, 0.25) is 0 Å². The molecule has 1 saturated heterocycles. The Bertz CT molecular complexity index is 902. The first-order valence-electron chi connectivity index (χ1n) is 10.9. The number of pyridine rings is 1. The van der Waals surface area contributed by atoms with Crippen LogP contribution in [0.5, 0.6) is 11.5 Å². The van der Waals surface area contributed by atoms with Crippen LogP contribution in [-0.4, -0.2) is 79.1 Å². The molecule has 2 heterocycles. The minimum absolute atomic E-state index is 0.0529. The average Bonchev–Trinajstić information content (AvgIpc) is 2.76. The summed E-state index contributed by atoms with van der Waals surface area (Å²) < 4.78 is 19.6. The summed E-state index contributed by atoms with van der Waals surface area (Å²) in [4.78, 5) is 23.3. The number of hydrogen-bond donors (Lipinski definition) is 2. The van der Waals surface area contributed by atoms with E-state index in [0.29, 0.717) is 17.3 Å². The van der Waals surface area contributed by atoms with E-state index in [4.69, 9.17) is 10.5 Å². The molecular formula is C23H33FN6O2. The van der Waals surface area contributed by atoms with E-state index in [0.717, 1.165) is 45.4 Å². The van der Waals surface area contributed by atoms with Crippen LogP contribution < -0.4 is 15.8 Å². The molecule has 0 saturated carbocycles. The number of ether oxygens (including phenoxy) is 1. The van der Waals surface area contributed by atoms with E-state index in [1.807, 2.05) is 7.05 Å². The SMILES string of the molecule is CN(C)CCCN1CCC(N(C)C(=O)Nc2cc(Oc3ccc(N)cc3F)ccn2)CC1. The summed E-state index contributed by atoms with van der Waals surface area (Å²) in [6, 6.07) is 7.34. The monoisotopic (exact) mass is 444 g/mol. The molecule has 1 fully saturated rings. The number of piperidine rings is 1. The maximum absolute atomic E-state index is 14.0. The van der Waals surface area contributed by atoms with Gasteiger partial charge in [-0.1, -0.05) is 0 Å². The Morgan fingerprint density at radius 1 is 1.25 bits per heavy atom. The molecule has 0 atom stereocenters. The number of nitrogen functional groups attached to an aromatic ring is 1. The van der Waals surface area contributed by atoms with Crippen LogP contribution in [0.3, 0.4) is 0 Å². The van der Waals surface area contributed by atoms with Crippen molar-refractivity contribution in [1.29, 1.82) is 0 Å². The van der Waals surface area contributed by atoms with Gasteiger partial charge < -0.3 is 25.2 Å². The van der Waals surface area contributed by atoms with E-state index in [1.54, 1.807) is 23.1 Å². The third kappa shape index (κ3) is 6.80. The van der Waals surface area contributed by atoms with Gasteiger partial charge >= 0.3 is 6.03 Å². The van der Waals surface area contributed by atoms with Crippen LogP contribution in [0.15, 0.2) is 36.5 Å². The van der Waals surface area contributed by atoms with E-state index in [9.17, 15) is 9.18 Å². The summed E-state index contributed by atoms with van der Waals surface area (Å²) in [5, 5.41) is 2.81. The molecule has 3 rings (SSSR count). The number of benzene rings is 1. The van der Waals surface area contributed by atoms with Crippen LogP contribution in [0.25, 0.3) is 0 Å². The van der Waals surface area contributed by atoms with Gasteiger partial charge in [0.1, 0.15) is 11.6 Å². The molecule has 1 aromatic carbocycles. The van der Waals surface area contributed by atoms with Gasteiger partial charge in [-0.2, -0.15) is 0 Å². The molecule has 1 aromatic heterocycles. The lowest BCUT2D eigenvalue weighted by Gasteiger charge is -2.36. The van der Waals surface area contributed by atoms with Crippen LogP contribution in [0, 0.1) is 5.82 Å². The smallest absolute Gasteiger partial charge is 0.323 e. The lowest BCUT2D eigenvalue weighted by Crippen LogP contribution is -2.47. The molecule has 0 unspecified atom stereocenters. The zero-order valence-corrected chi connectivity index (χ0v) is 19.1. The molecule has 0 radical (unpaired) electrons. The molecule has 174 valence electrons. The molecule has 2 amide bonds. The van der Waals surface area contributed by atoms with Crippen LogP contribution in [-0.2, 0) is 0 Å². The average molecular weight is 445 g/mol. The number of urea groups is 1. The van der Waals surface area contributed by atoms with E-state index in [2.05, 4.69) is 34.2 Å². The minimum Gasteiger partial charge on any atom is -0.454 e. The van der Waals surface area contributed by atoms with Gasteiger partial charge in [0.15, 0.2) is 11.6 Å². The molecule has 2 aromatic rings. The van der Waals surface area contributed by atoms with Crippen molar-refractivity contribution in [2.75, 3.05) is 58.4 Å². The van der Waals surface area contributed by atoms with Gasteiger partial charge in [0, 0.05) is 50.2 Å². The van der Waals surface area contributed by atoms with E-state index in [1.165, 1.54) is 18.3 Å². The molecule has 3 N–H and O–H groups in total. The number of nitrogens with two attached hydrogens (primary N) is 1. The van der Waals surface area contributed by atoms with Crippen molar-refractivity contribution in [3.8, 4) is 11.5 Å². The second-order valence-corrected chi connectivity index (χ2v) is 8.44.